The molecule has 4 rings (SSSR count). The quantitative estimate of drug-likeness (QED) is 0.445. The van der Waals surface area contributed by atoms with Gasteiger partial charge in [0.15, 0.2) is 12.1 Å². The van der Waals surface area contributed by atoms with Crippen molar-refractivity contribution in [2.24, 2.45) is 0 Å². The minimum Gasteiger partial charge on any atom is -0.438 e. The average Bonchev–Trinajstić information content (AvgIpc) is 3.20. The van der Waals surface area contributed by atoms with E-state index in [1.807, 2.05) is 69.2 Å². The van der Waals surface area contributed by atoms with Crippen molar-refractivity contribution in [3.05, 3.63) is 101 Å². The molecule has 0 aliphatic carbocycles. The Kier molecular flexibility index (Phi) is 8.43. The number of rotatable bonds is 9. The molecule has 0 spiro atoms. The molecule has 8 nitrogen and oxygen atoms in total. The molecular formula is C30H34N4O4. The van der Waals surface area contributed by atoms with Crippen LogP contribution in [0.1, 0.15) is 38.7 Å². The Morgan fingerprint density at radius 1 is 0.947 bits per heavy atom. The second-order valence-electron chi connectivity index (χ2n) is 9.90. The fraction of sp³-hybridized carbons (Fsp3) is 0.300. The van der Waals surface area contributed by atoms with Crippen molar-refractivity contribution in [3.63, 3.8) is 0 Å². The van der Waals surface area contributed by atoms with Crippen LogP contribution in [0.4, 0.5) is 10.5 Å². The molecule has 1 aliphatic heterocycles. The molecule has 1 aliphatic rings. The number of hydrogen-bond acceptors (Lipinski definition) is 5. The minimum atomic E-state index is -0.835. The Hall–Kier alpha value is -4.17. The van der Waals surface area contributed by atoms with E-state index in [2.05, 4.69) is 10.6 Å². The van der Waals surface area contributed by atoms with E-state index < -0.39 is 18.2 Å². The molecule has 3 amide bonds. The van der Waals surface area contributed by atoms with E-state index in [1.54, 1.807) is 36.4 Å². The molecule has 0 aromatic heterocycles. The lowest BCUT2D eigenvalue weighted by atomic mass is 10.00. The molecule has 0 unspecified atom stereocenters. The molecule has 1 heterocycles. The van der Waals surface area contributed by atoms with Gasteiger partial charge in [0.2, 0.25) is 5.91 Å². The summed E-state index contributed by atoms with van der Waals surface area (Å²) in [5, 5.41) is 5.83. The number of cyclic esters (lactones) is 1. The van der Waals surface area contributed by atoms with Crippen molar-refractivity contribution in [1.82, 2.24) is 15.1 Å². The van der Waals surface area contributed by atoms with E-state index in [0.29, 0.717) is 29.9 Å². The maximum absolute atomic E-state index is 13.4. The summed E-state index contributed by atoms with van der Waals surface area (Å²) in [6.07, 6.45) is -1.32. The average molecular weight is 515 g/mol. The Balaban J connectivity index is 1.53. The highest BCUT2D eigenvalue weighted by Gasteiger charge is 2.46. The first-order chi connectivity index (χ1) is 18.2. The number of benzene rings is 3. The molecular weight excluding hydrogens is 480 g/mol. The van der Waals surface area contributed by atoms with Gasteiger partial charge in [-0.25, -0.2) is 4.79 Å². The predicted octanol–water partition coefficient (Wildman–Crippen LogP) is 4.30. The first kappa shape index (κ1) is 26.9. The summed E-state index contributed by atoms with van der Waals surface area (Å²) < 4.78 is 5.75. The predicted molar refractivity (Wildman–Crippen MR) is 147 cm³/mol. The molecule has 3 aromatic carbocycles. The van der Waals surface area contributed by atoms with Crippen LogP contribution in [-0.2, 0) is 16.1 Å². The van der Waals surface area contributed by atoms with Gasteiger partial charge in [-0.2, -0.15) is 0 Å². The topological polar surface area (TPSA) is 91.0 Å². The molecule has 2 N–H and O–H groups in total. The number of nitrogens with zero attached hydrogens (tertiary/aromatic N) is 2. The van der Waals surface area contributed by atoms with E-state index in [1.165, 1.54) is 4.90 Å². The van der Waals surface area contributed by atoms with Gasteiger partial charge in [-0.1, -0.05) is 59.7 Å². The third kappa shape index (κ3) is 6.58. The van der Waals surface area contributed by atoms with Gasteiger partial charge in [-0.05, 0) is 63.3 Å². The van der Waals surface area contributed by atoms with Gasteiger partial charge in [0, 0.05) is 24.3 Å². The van der Waals surface area contributed by atoms with Crippen LogP contribution in [0.5, 0.6) is 0 Å². The zero-order valence-electron chi connectivity index (χ0n) is 22.2. The lowest BCUT2D eigenvalue weighted by Gasteiger charge is -2.24. The third-order valence-electron chi connectivity index (χ3n) is 6.46. The van der Waals surface area contributed by atoms with E-state index in [4.69, 9.17) is 4.74 Å². The fourth-order valence-corrected chi connectivity index (χ4v) is 4.39. The molecule has 1 saturated heterocycles. The SMILES string of the molecule is Cc1ccc(C(=O)Nc2ccc([C@@H]3OC(=O)N(Cc4cccc(C)c4)[C@H]3C(=O)NCCN(C)C)cc2)cc1. The first-order valence-corrected chi connectivity index (χ1v) is 12.6. The summed E-state index contributed by atoms with van der Waals surface area (Å²) in [5.41, 5.74) is 4.91. The smallest absolute Gasteiger partial charge is 0.411 e. The van der Waals surface area contributed by atoms with Gasteiger partial charge in [-0.3, -0.25) is 14.5 Å². The molecule has 0 bridgehead atoms. The molecule has 8 heteroatoms. The van der Waals surface area contributed by atoms with Crippen LogP contribution >= 0.6 is 0 Å². The number of likely N-dealkylation sites (N-methyl/N-ethyl adjacent to an activating group) is 1. The van der Waals surface area contributed by atoms with Crippen LogP contribution in [0.25, 0.3) is 0 Å². The van der Waals surface area contributed by atoms with Gasteiger partial charge in [-0.15, -0.1) is 0 Å². The second-order valence-corrected chi connectivity index (χ2v) is 9.90. The van der Waals surface area contributed by atoms with Crippen LogP contribution in [0.15, 0.2) is 72.8 Å². The van der Waals surface area contributed by atoms with Crippen molar-refractivity contribution in [1.29, 1.82) is 0 Å². The summed E-state index contributed by atoms with van der Waals surface area (Å²) in [5.74, 6) is -0.486. The molecule has 38 heavy (non-hydrogen) atoms. The Morgan fingerprint density at radius 2 is 1.66 bits per heavy atom. The number of aryl methyl sites for hydroxylation is 2. The monoisotopic (exact) mass is 514 g/mol. The summed E-state index contributed by atoms with van der Waals surface area (Å²) >= 11 is 0. The Morgan fingerprint density at radius 3 is 2.32 bits per heavy atom. The highest BCUT2D eigenvalue weighted by atomic mass is 16.6. The number of nitrogens with one attached hydrogen (secondary N) is 2. The van der Waals surface area contributed by atoms with Crippen LogP contribution in [0.3, 0.4) is 0 Å². The number of hydrogen-bond donors (Lipinski definition) is 2. The van der Waals surface area contributed by atoms with E-state index in [0.717, 1.165) is 16.7 Å². The number of anilines is 1. The van der Waals surface area contributed by atoms with Crippen LogP contribution in [0, 0.1) is 13.8 Å². The van der Waals surface area contributed by atoms with Crippen molar-refractivity contribution in [2.75, 3.05) is 32.5 Å². The Bertz CT molecular complexity index is 1290. The largest absolute Gasteiger partial charge is 0.438 e. The van der Waals surface area contributed by atoms with Crippen molar-refractivity contribution >= 4 is 23.6 Å². The number of ether oxygens (including phenoxy) is 1. The molecule has 0 saturated carbocycles. The maximum atomic E-state index is 13.4. The van der Waals surface area contributed by atoms with Gasteiger partial charge in [0.05, 0.1) is 6.54 Å². The third-order valence-corrected chi connectivity index (χ3v) is 6.46. The minimum absolute atomic E-state index is 0.215. The van der Waals surface area contributed by atoms with Gasteiger partial charge < -0.3 is 20.3 Å². The lowest BCUT2D eigenvalue weighted by molar-refractivity contribution is -0.126. The number of amides is 3. The van der Waals surface area contributed by atoms with E-state index >= 15 is 0 Å². The molecule has 3 aromatic rings. The van der Waals surface area contributed by atoms with E-state index in [9.17, 15) is 14.4 Å². The molecule has 1 fully saturated rings. The first-order valence-electron chi connectivity index (χ1n) is 12.6. The zero-order valence-corrected chi connectivity index (χ0v) is 22.2. The lowest BCUT2D eigenvalue weighted by Crippen LogP contribution is -2.47. The second kappa shape index (κ2) is 11.9. The summed E-state index contributed by atoms with van der Waals surface area (Å²) in [6.45, 7) is 5.33. The van der Waals surface area contributed by atoms with Gasteiger partial charge in [0.1, 0.15) is 0 Å². The summed E-state index contributed by atoms with van der Waals surface area (Å²) in [6, 6.07) is 21.4. The fourth-order valence-electron chi connectivity index (χ4n) is 4.39. The van der Waals surface area contributed by atoms with Crippen molar-refractivity contribution < 1.29 is 19.1 Å². The van der Waals surface area contributed by atoms with Crippen LogP contribution in [0.2, 0.25) is 0 Å². The van der Waals surface area contributed by atoms with Crippen molar-refractivity contribution in [2.45, 2.75) is 32.5 Å². The van der Waals surface area contributed by atoms with Crippen LogP contribution < -0.4 is 10.6 Å². The normalized spacial score (nSPS) is 16.9. The van der Waals surface area contributed by atoms with E-state index in [-0.39, 0.29) is 18.4 Å². The highest BCUT2D eigenvalue weighted by Crippen LogP contribution is 2.34. The van der Waals surface area contributed by atoms with Crippen molar-refractivity contribution in [3.8, 4) is 0 Å². The highest BCUT2D eigenvalue weighted by molar-refractivity contribution is 6.04. The molecule has 0 radical (unpaired) electrons. The summed E-state index contributed by atoms with van der Waals surface area (Å²) in [4.78, 5) is 42.4. The number of carbonyl (C=O) groups is 3. The van der Waals surface area contributed by atoms with Crippen LogP contribution in [-0.4, -0.2) is 60.9 Å². The number of carbonyl (C=O) groups excluding carboxylic acids is 3. The molecule has 198 valence electrons. The maximum Gasteiger partial charge on any atom is 0.411 e. The van der Waals surface area contributed by atoms with Gasteiger partial charge >= 0.3 is 6.09 Å². The molecule has 2 atom stereocenters. The summed E-state index contributed by atoms with van der Waals surface area (Å²) in [7, 11) is 3.86. The standard InChI is InChI=1S/C30H34N4O4/c1-20-8-10-24(11-9-20)28(35)32-25-14-12-23(13-15-25)27-26(29(36)31-16-17-33(3)4)34(30(37)38-27)19-22-7-5-6-21(2)18-22/h5-15,18,26-27H,16-17,19H2,1-4H3,(H,31,36)(H,32,35)/t26-,27+/m1/s1. The zero-order chi connectivity index (χ0) is 27.2. The van der Waals surface area contributed by atoms with Gasteiger partial charge in [0.25, 0.3) is 5.91 Å². The Labute approximate surface area is 223 Å².